The zero-order valence-electron chi connectivity index (χ0n) is 15.0. The van der Waals surface area contributed by atoms with Gasteiger partial charge in [-0.1, -0.05) is 23.7 Å². The first-order valence-electron chi connectivity index (χ1n) is 8.90. The van der Waals surface area contributed by atoms with E-state index >= 15 is 0 Å². The molecular formula is C20H23ClN2O4. The largest absolute Gasteiger partial charge is 0.507 e. The highest BCUT2D eigenvalue weighted by atomic mass is 35.5. The zero-order valence-corrected chi connectivity index (χ0v) is 15.7. The Kier molecular flexibility index (Phi) is 6.92. The fourth-order valence-electron chi connectivity index (χ4n) is 2.83. The summed E-state index contributed by atoms with van der Waals surface area (Å²) in [6.45, 7) is 5.21. The van der Waals surface area contributed by atoms with Crippen molar-refractivity contribution in [2.24, 2.45) is 0 Å². The van der Waals surface area contributed by atoms with E-state index in [4.69, 9.17) is 21.1 Å². The van der Waals surface area contributed by atoms with Crippen molar-refractivity contribution in [3.8, 4) is 11.5 Å². The molecule has 3 rings (SSSR count). The van der Waals surface area contributed by atoms with Gasteiger partial charge in [0, 0.05) is 31.2 Å². The molecule has 0 bridgehead atoms. The molecule has 1 saturated heterocycles. The Bertz CT molecular complexity index is 778. The van der Waals surface area contributed by atoms with Crippen molar-refractivity contribution in [2.45, 2.75) is 6.54 Å². The van der Waals surface area contributed by atoms with Crippen LogP contribution in [0.3, 0.4) is 0 Å². The number of ether oxygens (including phenoxy) is 2. The number of carbonyl (C=O) groups is 1. The molecule has 2 N–H and O–H groups in total. The van der Waals surface area contributed by atoms with Crippen LogP contribution in [0.1, 0.15) is 15.9 Å². The first-order valence-corrected chi connectivity index (χ1v) is 9.28. The fraction of sp³-hybridized carbons (Fsp3) is 0.350. The third kappa shape index (κ3) is 5.85. The van der Waals surface area contributed by atoms with Gasteiger partial charge < -0.3 is 19.9 Å². The molecule has 6 nitrogen and oxygen atoms in total. The summed E-state index contributed by atoms with van der Waals surface area (Å²) in [6, 6.07) is 12.0. The molecule has 2 aromatic rings. The Morgan fingerprint density at radius 2 is 2.04 bits per heavy atom. The van der Waals surface area contributed by atoms with E-state index in [2.05, 4.69) is 10.2 Å². The Morgan fingerprint density at radius 1 is 1.22 bits per heavy atom. The standard InChI is InChI=1S/C20H23ClN2O4/c21-16-4-5-19(24)18(13-16)20(25)22-14-15-2-1-3-17(12-15)27-11-8-23-6-9-26-10-7-23/h1-5,12-13,24H,6-11,14H2,(H,22,25). The first kappa shape index (κ1) is 19.5. The van der Waals surface area contributed by atoms with Gasteiger partial charge in [0.25, 0.3) is 5.91 Å². The summed E-state index contributed by atoms with van der Waals surface area (Å²) in [7, 11) is 0. The zero-order chi connectivity index (χ0) is 19.1. The third-order valence-electron chi connectivity index (χ3n) is 4.33. The van der Waals surface area contributed by atoms with E-state index < -0.39 is 0 Å². The van der Waals surface area contributed by atoms with Gasteiger partial charge >= 0.3 is 0 Å². The SMILES string of the molecule is O=C(NCc1cccc(OCCN2CCOCC2)c1)c1cc(Cl)ccc1O. The van der Waals surface area contributed by atoms with Gasteiger partial charge in [0.1, 0.15) is 18.1 Å². The molecule has 0 atom stereocenters. The highest BCUT2D eigenvalue weighted by Crippen LogP contribution is 2.21. The number of benzene rings is 2. The van der Waals surface area contributed by atoms with Crippen LogP contribution >= 0.6 is 11.6 Å². The van der Waals surface area contributed by atoms with Crippen molar-refractivity contribution in [1.82, 2.24) is 10.2 Å². The van der Waals surface area contributed by atoms with E-state index in [0.29, 0.717) is 18.2 Å². The van der Waals surface area contributed by atoms with Gasteiger partial charge in [-0.05, 0) is 35.9 Å². The number of phenolic OH excluding ortho intramolecular Hbond substituents is 1. The number of aromatic hydroxyl groups is 1. The van der Waals surface area contributed by atoms with Crippen LogP contribution < -0.4 is 10.1 Å². The molecule has 0 saturated carbocycles. The maximum atomic E-state index is 12.2. The van der Waals surface area contributed by atoms with Gasteiger partial charge in [-0.3, -0.25) is 9.69 Å². The number of nitrogens with one attached hydrogen (secondary N) is 1. The molecule has 1 heterocycles. The van der Waals surface area contributed by atoms with Crippen LogP contribution in [-0.2, 0) is 11.3 Å². The second-order valence-electron chi connectivity index (χ2n) is 6.29. The Labute approximate surface area is 163 Å². The summed E-state index contributed by atoms with van der Waals surface area (Å²) in [6.07, 6.45) is 0. The van der Waals surface area contributed by atoms with Crippen LogP contribution in [0.5, 0.6) is 11.5 Å². The average molecular weight is 391 g/mol. The van der Waals surface area contributed by atoms with Crippen molar-refractivity contribution < 1.29 is 19.4 Å². The van der Waals surface area contributed by atoms with Gasteiger partial charge in [-0.2, -0.15) is 0 Å². The lowest BCUT2D eigenvalue weighted by Crippen LogP contribution is -2.38. The second-order valence-corrected chi connectivity index (χ2v) is 6.73. The van der Waals surface area contributed by atoms with Crippen LogP contribution in [-0.4, -0.2) is 55.4 Å². The van der Waals surface area contributed by atoms with Crippen molar-refractivity contribution in [1.29, 1.82) is 0 Å². The summed E-state index contributed by atoms with van der Waals surface area (Å²) in [5.41, 5.74) is 1.06. The van der Waals surface area contributed by atoms with Crippen LogP contribution in [0.25, 0.3) is 0 Å². The molecule has 1 amide bonds. The first-order chi connectivity index (χ1) is 13.1. The lowest BCUT2D eigenvalue weighted by atomic mass is 10.1. The Hall–Kier alpha value is -2.28. The molecule has 0 radical (unpaired) electrons. The topological polar surface area (TPSA) is 71.0 Å². The summed E-state index contributed by atoms with van der Waals surface area (Å²) in [5.74, 6) is 0.284. The quantitative estimate of drug-likeness (QED) is 0.760. The molecule has 7 heteroatoms. The number of amides is 1. The number of halogens is 1. The normalized spacial score (nSPS) is 14.7. The van der Waals surface area contributed by atoms with Gasteiger partial charge in [0.2, 0.25) is 0 Å². The highest BCUT2D eigenvalue weighted by Gasteiger charge is 2.12. The van der Waals surface area contributed by atoms with Crippen molar-refractivity contribution >= 4 is 17.5 Å². The number of rotatable bonds is 7. The third-order valence-corrected chi connectivity index (χ3v) is 4.57. The maximum absolute atomic E-state index is 12.2. The highest BCUT2D eigenvalue weighted by molar-refractivity contribution is 6.31. The molecule has 0 aromatic heterocycles. The lowest BCUT2D eigenvalue weighted by Gasteiger charge is -2.26. The molecule has 0 unspecified atom stereocenters. The molecule has 0 spiro atoms. The molecule has 27 heavy (non-hydrogen) atoms. The fourth-order valence-corrected chi connectivity index (χ4v) is 3.00. The van der Waals surface area contributed by atoms with Gasteiger partial charge in [-0.15, -0.1) is 0 Å². The van der Waals surface area contributed by atoms with Crippen molar-refractivity contribution in [2.75, 3.05) is 39.5 Å². The Morgan fingerprint density at radius 3 is 2.85 bits per heavy atom. The predicted octanol–water partition coefficient (Wildman–Crippen LogP) is 2.69. The second kappa shape index (κ2) is 9.60. The predicted molar refractivity (Wildman–Crippen MR) is 103 cm³/mol. The van der Waals surface area contributed by atoms with Gasteiger partial charge in [-0.25, -0.2) is 0 Å². The number of carbonyl (C=O) groups excluding carboxylic acids is 1. The minimum atomic E-state index is -0.381. The summed E-state index contributed by atoms with van der Waals surface area (Å²) in [4.78, 5) is 14.6. The number of hydrogen-bond acceptors (Lipinski definition) is 5. The van der Waals surface area contributed by atoms with Crippen LogP contribution in [0, 0.1) is 0 Å². The lowest BCUT2D eigenvalue weighted by molar-refractivity contribution is 0.0322. The Balaban J connectivity index is 1.49. The van der Waals surface area contributed by atoms with Crippen LogP contribution in [0.4, 0.5) is 0 Å². The van der Waals surface area contributed by atoms with Crippen molar-refractivity contribution in [3.63, 3.8) is 0 Å². The number of phenols is 1. The van der Waals surface area contributed by atoms with Gasteiger partial charge in [0.15, 0.2) is 0 Å². The molecule has 1 aliphatic heterocycles. The summed E-state index contributed by atoms with van der Waals surface area (Å²) >= 11 is 5.89. The minimum Gasteiger partial charge on any atom is -0.507 e. The smallest absolute Gasteiger partial charge is 0.255 e. The molecular weight excluding hydrogens is 368 g/mol. The molecule has 144 valence electrons. The monoisotopic (exact) mass is 390 g/mol. The van der Waals surface area contributed by atoms with E-state index in [1.165, 1.54) is 18.2 Å². The molecule has 1 aliphatic rings. The van der Waals surface area contributed by atoms with Gasteiger partial charge in [0.05, 0.1) is 18.8 Å². The van der Waals surface area contributed by atoms with Crippen molar-refractivity contribution in [3.05, 3.63) is 58.6 Å². The number of morpholine rings is 1. The van der Waals surface area contributed by atoms with E-state index in [0.717, 1.165) is 44.2 Å². The molecule has 2 aromatic carbocycles. The minimum absolute atomic E-state index is 0.0999. The van der Waals surface area contributed by atoms with E-state index in [1.807, 2.05) is 24.3 Å². The number of nitrogens with zero attached hydrogens (tertiary/aromatic N) is 1. The van der Waals surface area contributed by atoms with E-state index in [1.54, 1.807) is 0 Å². The maximum Gasteiger partial charge on any atom is 0.255 e. The number of hydrogen-bond donors (Lipinski definition) is 2. The van der Waals surface area contributed by atoms with E-state index in [-0.39, 0.29) is 17.2 Å². The van der Waals surface area contributed by atoms with E-state index in [9.17, 15) is 9.90 Å². The average Bonchev–Trinajstić information content (AvgIpc) is 2.69. The molecule has 1 fully saturated rings. The molecule has 0 aliphatic carbocycles. The van der Waals surface area contributed by atoms with Crippen LogP contribution in [0.2, 0.25) is 5.02 Å². The summed E-state index contributed by atoms with van der Waals surface area (Å²) in [5, 5.41) is 13.0. The van der Waals surface area contributed by atoms with Crippen LogP contribution in [0.15, 0.2) is 42.5 Å². The summed E-state index contributed by atoms with van der Waals surface area (Å²) < 4.78 is 11.2.